The minimum atomic E-state index is -0.686. The SMILES string of the molecule is O=C(O)C1CCc2ccc(-n3ccnc3)cc2C1. The molecule has 0 saturated carbocycles. The average molecular weight is 242 g/mol. The topological polar surface area (TPSA) is 55.1 Å². The molecule has 0 aliphatic heterocycles. The second-order valence-electron chi connectivity index (χ2n) is 4.70. The first kappa shape index (κ1) is 11.0. The second-order valence-corrected chi connectivity index (χ2v) is 4.70. The van der Waals surface area contributed by atoms with E-state index in [-0.39, 0.29) is 5.92 Å². The van der Waals surface area contributed by atoms with Crippen LogP contribution in [0.15, 0.2) is 36.9 Å². The van der Waals surface area contributed by atoms with Gasteiger partial charge >= 0.3 is 5.97 Å². The molecule has 0 fully saturated rings. The molecule has 1 atom stereocenters. The number of aryl methyl sites for hydroxylation is 1. The molecule has 4 heteroatoms. The molecule has 0 bridgehead atoms. The van der Waals surface area contributed by atoms with Gasteiger partial charge in [0, 0.05) is 18.1 Å². The average Bonchev–Trinajstić information content (AvgIpc) is 2.91. The summed E-state index contributed by atoms with van der Waals surface area (Å²) in [6.07, 6.45) is 7.61. The highest BCUT2D eigenvalue weighted by atomic mass is 16.4. The van der Waals surface area contributed by atoms with Crippen molar-refractivity contribution in [2.75, 3.05) is 0 Å². The number of aliphatic carboxylic acids is 1. The lowest BCUT2D eigenvalue weighted by Gasteiger charge is -2.22. The summed E-state index contributed by atoms with van der Waals surface area (Å²) >= 11 is 0. The van der Waals surface area contributed by atoms with Gasteiger partial charge in [-0.2, -0.15) is 0 Å². The lowest BCUT2D eigenvalue weighted by atomic mass is 9.84. The Morgan fingerprint density at radius 2 is 2.28 bits per heavy atom. The first-order valence-electron chi connectivity index (χ1n) is 6.07. The fraction of sp³-hybridized carbons (Fsp3) is 0.286. The van der Waals surface area contributed by atoms with Gasteiger partial charge in [0.2, 0.25) is 0 Å². The standard InChI is InChI=1S/C14H14N2O2/c17-14(18)11-2-1-10-3-4-13(8-12(10)7-11)16-6-5-15-9-16/h3-6,8-9,11H,1-2,7H2,(H,17,18). The van der Waals surface area contributed by atoms with Crippen molar-refractivity contribution in [3.63, 3.8) is 0 Å². The van der Waals surface area contributed by atoms with E-state index in [4.69, 9.17) is 5.11 Å². The van der Waals surface area contributed by atoms with Crippen molar-refractivity contribution >= 4 is 5.97 Å². The van der Waals surface area contributed by atoms with E-state index in [1.807, 2.05) is 10.8 Å². The summed E-state index contributed by atoms with van der Waals surface area (Å²) in [7, 11) is 0. The molecule has 1 aromatic carbocycles. The maximum atomic E-state index is 11.1. The molecule has 0 spiro atoms. The third-order valence-electron chi connectivity index (χ3n) is 3.57. The molecule has 1 unspecified atom stereocenters. The van der Waals surface area contributed by atoms with Crippen molar-refractivity contribution in [1.29, 1.82) is 0 Å². The fourth-order valence-electron chi connectivity index (χ4n) is 2.53. The molecule has 1 aliphatic rings. The van der Waals surface area contributed by atoms with Gasteiger partial charge in [-0.15, -0.1) is 0 Å². The van der Waals surface area contributed by atoms with Crippen LogP contribution in [0.5, 0.6) is 0 Å². The molecule has 18 heavy (non-hydrogen) atoms. The number of carbonyl (C=O) groups is 1. The quantitative estimate of drug-likeness (QED) is 0.877. The van der Waals surface area contributed by atoms with E-state index in [9.17, 15) is 4.79 Å². The smallest absolute Gasteiger partial charge is 0.306 e. The number of benzene rings is 1. The van der Waals surface area contributed by atoms with Gasteiger partial charge in [-0.3, -0.25) is 4.79 Å². The Kier molecular flexibility index (Phi) is 2.63. The number of carboxylic acids is 1. The van der Waals surface area contributed by atoms with Gasteiger partial charge in [0.05, 0.1) is 12.2 Å². The first-order valence-corrected chi connectivity index (χ1v) is 6.07. The molecule has 3 rings (SSSR count). The Morgan fingerprint density at radius 1 is 1.39 bits per heavy atom. The number of carboxylic acid groups (broad SMARTS) is 1. The summed E-state index contributed by atoms with van der Waals surface area (Å²) in [5.41, 5.74) is 3.47. The van der Waals surface area contributed by atoms with E-state index in [2.05, 4.69) is 23.2 Å². The van der Waals surface area contributed by atoms with Crippen LogP contribution in [0, 0.1) is 5.92 Å². The molecule has 0 saturated heterocycles. The summed E-state index contributed by atoms with van der Waals surface area (Å²) < 4.78 is 1.94. The van der Waals surface area contributed by atoms with Crippen LogP contribution < -0.4 is 0 Å². The Balaban J connectivity index is 1.95. The number of hydrogen-bond acceptors (Lipinski definition) is 2. The van der Waals surface area contributed by atoms with Crippen LogP contribution in [0.2, 0.25) is 0 Å². The molecular formula is C14H14N2O2. The summed E-state index contributed by atoms with van der Waals surface area (Å²) in [5, 5.41) is 9.10. The van der Waals surface area contributed by atoms with Crippen LogP contribution in [0.3, 0.4) is 0 Å². The van der Waals surface area contributed by atoms with Crippen molar-refractivity contribution < 1.29 is 9.90 Å². The van der Waals surface area contributed by atoms with Crippen LogP contribution in [0.4, 0.5) is 0 Å². The summed E-state index contributed by atoms with van der Waals surface area (Å²) in [5.74, 6) is -0.927. The molecule has 0 radical (unpaired) electrons. The Bertz CT molecular complexity index is 575. The molecular weight excluding hydrogens is 228 g/mol. The van der Waals surface area contributed by atoms with Crippen molar-refractivity contribution in [2.24, 2.45) is 5.92 Å². The molecule has 4 nitrogen and oxygen atoms in total. The monoisotopic (exact) mass is 242 g/mol. The summed E-state index contributed by atoms with van der Waals surface area (Å²) in [4.78, 5) is 15.1. The van der Waals surface area contributed by atoms with Crippen molar-refractivity contribution in [3.8, 4) is 5.69 Å². The maximum absolute atomic E-state index is 11.1. The lowest BCUT2D eigenvalue weighted by molar-refractivity contribution is -0.142. The van der Waals surface area contributed by atoms with E-state index in [0.29, 0.717) is 6.42 Å². The number of nitrogens with zero attached hydrogens (tertiary/aromatic N) is 2. The highest BCUT2D eigenvalue weighted by molar-refractivity contribution is 5.71. The van der Waals surface area contributed by atoms with Gasteiger partial charge < -0.3 is 9.67 Å². The molecule has 1 aromatic heterocycles. The molecule has 92 valence electrons. The van der Waals surface area contributed by atoms with Crippen molar-refractivity contribution in [1.82, 2.24) is 9.55 Å². The largest absolute Gasteiger partial charge is 0.481 e. The number of hydrogen-bond donors (Lipinski definition) is 1. The maximum Gasteiger partial charge on any atom is 0.306 e. The van der Waals surface area contributed by atoms with Crippen LogP contribution in [0.25, 0.3) is 5.69 Å². The van der Waals surface area contributed by atoms with Gasteiger partial charge in [-0.25, -0.2) is 4.98 Å². The first-order chi connectivity index (χ1) is 8.74. The van der Waals surface area contributed by atoms with Gasteiger partial charge in [0.25, 0.3) is 0 Å². The van der Waals surface area contributed by atoms with E-state index in [0.717, 1.165) is 24.1 Å². The van der Waals surface area contributed by atoms with Crippen molar-refractivity contribution in [3.05, 3.63) is 48.0 Å². The fourth-order valence-corrected chi connectivity index (χ4v) is 2.53. The number of aromatic nitrogens is 2. The Morgan fingerprint density at radius 3 is 3.00 bits per heavy atom. The highest BCUT2D eigenvalue weighted by Gasteiger charge is 2.24. The minimum absolute atomic E-state index is 0.240. The lowest BCUT2D eigenvalue weighted by Crippen LogP contribution is -2.22. The van der Waals surface area contributed by atoms with Crippen LogP contribution in [-0.4, -0.2) is 20.6 Å². The summed E-state index contributed by atoms with van der Waals surface area (Å²) in [6, 6.07) is 6.23. The van der Waals surface area contributed by atoms with Crippen molar-refractivity contribution in [2.45, 2.75) is 19.3 Å². The van der Waals surface area contributed by atoms with Crippen LogP contribution in [-0.2, 0) is 17.6 Å². The normalized spacial score (nSPS) is 18.3. The Hall–Kier alpha value is -2.10. The van der Waals surface area contributed by atoms with Gasteiger partial charge in [0.1, 0.15) is 0 Å². The zero-order chi connectivity index (χ0) is 12.5. The Labute approximate surface area is 105 Å². The van der Waals surface area contributed by atoms with E-state index < -0.39 is 5.97 Å². The van der Waals surface area contributed by atoms with Crippen LogP contribution in [0.1, 0.15) is 17.5 Å². The minimum Gasteiger partial charge on any atom is -0.481 e. The number of imidazole rings is 1. The van der Waals surface area contributed by atoms with E-state index >= 15 is 0 Å². The molecule has 0 amide bonds. The predicted molar refractivity (Wildman–Crippen MR) is 66.7 cm³/mol. The summed E-state index contributed by atoms with van der Waals surface area (Å²) in [6.45, 7) is 0. The van der Waals surface area contributed by atoms with E-state index in [1.54, 1.807) is 12.5 Å². The van der Waals surface area contributed by atoms with Gasteiger partial charge in [-0.05, 0) is 42.5 Å². The van der Waals surface area contributed by atoms with Gasteiger partial charge in [0.15, 0.2) is 0 Å². The van der Waals surface area contributed by atoms with Gasteiger partial charge in [-0.1, -0.05) is 6.07 Å². The highest BCUT2D eigenvalue weighted by Crippen LogP contribution is 2.27. The van der Waals surface area contributed by atoms with Crippen LogP contribution >= 0.6 is 0 Å². The third kappa shape index (κ3) is 1.90. The molecule has 1 aliphatic carbocycles. The number of fused-ring (bicyclic) bond motifs is 1. The predicted octanol–water partition coefficient (Wildman–Crippen LogP) is 2.06. The number of rotatable bonds is 2. The zero-order valence-corrected chi connectivity index (χ0v) is 9.91. The third-order valence-corrected chi connectivity index (χ3v) is 3.57. The molecule has 2 aromatic rings. The van der Waals surface area contributed by atoms with E-state index in [1.165, 1.54) is 5.56 Å². The molecule has 1 heterocycles. The second kappa shape index (κ2) is 4.29. The molecule has 1 N–H and O–H groups in total. The zero-order valence-electron chi connectivity index (χ0n) is 9.91.